The second-order valence-corrected chi connectivity index (χ2v) is 3.79. The predicted molar refractivity (Wildman–Crippen MR) is 44.1 cm³/mol. The van der Waals surface area contributed by atoms with Gasteiger partial charge >= 0.3 is 6.03 Å². The minimum atomic E-state index is -0.108. The van der Waals surface area contributed by atoms with E-state index in [1.807, 2.05) is 20.8 Å². The summed E-state index contributed by atoms with van der Waals surface area (Å²) in [6, 6.07) is -0.0394. The van der Waals surface area contributed by atoms with E-state index in [9.17, 15) is 4.79 Å². The molecule has 11 heavy (non-hydrogen) atoms. The van der Waals surface area contributed by atoms with E-state index < -0.39 is 0 Å². The van der Waals surface area contributed by atoms with Crippen LogP contribution < -0.4 is 5.32 Å². The fourth-order valence-electron chi connectivity index (χ4n) is 1.06. The molecule has 0 bridgehead atoms. The summed E-state index contributed by atoms with van der Waals surface area (Å²) in [5, 5.41) is 2.67. The maximum Gasteiger partial charge on any atom is 0.322 e. The summed E-state index contributed by atoms with van der Waals surface area (Å²) < 4.78 is 0. The SMILES string of the molecule is C=C1CN(C(C)(C)C)C(=O)N1. The lowest BCUT2D eigenvalue weighted by atomic mass is 10.1. The third kappa shape index (κ3) is 1.53. The molecule has 3 heteroatoms. The second kappa shape index (κ2) is 2.26. The van der Waals surface area contributed by atoms with Crippen molar-refractivity contribution < 1.29 is 4.79 Å². The molecule has 1 aliphatic heterocycles. The Morgan fingerprint density at radius 1 is 1.55 bits per heavy atom. The minimum Gasteiger partial charge on any atom is -0.314 e. The number of amides is 2. The van der Waals surface area contributed by atoms with E-state index in [4.69, 9.17) is 0 Å². The van der Waals surface area contributed by atoms with Crippen molar-refractivity contribution >= 4 is 6.03 Å². The van der Waals surface area contributed by atoms with Crippen LogP contribution in [0.4, 0.5) is 4.79 Å². The van der Waals surface area contributed by atoms with Gasteiger partial charge in [-0.05, 0) is 20.8 Å². The smallest absolute Gasteiger partial charge is 0.314 e. The number of hydrogen-bond donors (Lipinski definition) is 1. The Hall–Kier alpha value is -0.990. The molecule has 1 N–H and O–H groups in total. The summed E-state index contributed by atoms with van der Waals surface area (Å²) in [5.41, 5.74) is 0.675. The fourth-order valence-corrected chi connectivity index (χ4v) is 1.06. The highest BCUT2D eigenvalue weighted by Crippen LogP contribution is 2.18. The Kier molecular flexibility index (Phi) is 1.66. The molecule has 0 aromatic rings. The molecule has 0 aliphatic carbocycles. The topological polar surface area (TPSA) is 32.3 Å². The number of carbonyl (C=O) groups excluding carboxylic acids is 1. The average molecular weight is 154 g/mol. The second-order valence-electron chi connectivity index (χ2n) is 3.79. The maximum absolute atomic E-state index is 11.2. The number of nitrogens with zero attached hydrogens (tertiary/aromatic N) is 1. The Morgan fingerprint density at radius 3 is 2.27 bits per heavy atom. The summed E-state index contributed by atoms with van der Waals surface area (Å²) in [6.45, 7) is 10.3. The Morgan fingerprint density at radius 2 is 2.09 bits per heavy atom. The number of nitrogens with one attached hydrogen (secondary N) is 1. The van der Waals surface area contributed by atoms with Crippen molar-refractivity contribution in [3.8, 4) is 0 Å². The normalized spacial score (nSPS) is 19.0. The first-order chi connectivity index (χ1) is 4.91. The Labute approximate surface area is 67.1 Å². The summed E-state index contributed by atoms with van der Waals surface area (Å²) in [5.74, 6) is 0. The van der Waals surface area contributed by atoms with Crippen LogP contribution >= 0.6 is 0 Å². The van der Waals surface area contributed by atoms with E-state index in [-0.39, 0.29) is 11.6 Å². The Balaban J connectivity index is 2.76. The van der Waals surface area contributed by atoms with Gasteiger partial charge in [-0.15, -0.1) is 0 Å². The van der Waals surface area contributed by atoms with Crippen LogP contribution in [0.2, 0.25) is 0 Å². The van der Waals surface area contributed by atoms with Crippen LogP contribution in [0.1, 0.15) is 20.8 Å². The first-order valence-corrected chi connectivity index (χ1v) is 3.67. The van der Waals surface area contributed by atoms with Crippen molar-refractivity contribution in [3.05, 3.63) is 12.3 Å². The van der Waals surface area contributed by atoms with Gasteiger partial charge in [-0.1, -0.05) is 6.58 Å². The summed E-state index contributed by atoms with van der Waals surface area (Å²) in [4.78, 5) is 12.9. The van der Waals surface area contributed by atoms with Crippen molar-refractivity contribution in [2.24, 2.45) is 0 Å². The lowest BCUT2D eigenvalue weighted by Gasteiger charge is -2.29. The van der Waals surface area contributed by atoms with Gasteiger partial charge in [0.25, 0.3) is 0 Å². The molecule has 0 atom stereocenters. The van der Waals surface area contributed by atoms with Crippen LogP contribution in [0.25, 0.3) is 0 Å². The summed E-state index contributed by atoms with van der Waals surface area (Å²) in [7, 11) is 0. The van der Waals surface area contributed by atoms with Crippen LogP contribution in [-0.2, 0) is 0 Å². The van der Waals surface area contributed by atoms with Gasteiger partial charge in [0.2, 0.25) is 0 Å². The van der Waals surface area contributed by atoms with E-state index in [0.717, 1.165) is 5.70 Å². The molecule has 2 amide bonds. The van der Waals surface area contributed by atoms with Gasteiger partial charge in [0.1, 0.15) is 0 Å². The molecule has 0 radical (unpaired) electrons. The number of carbonyl (C=O) groups is 1. The molecule has 0 unspecified atom stereocenters. The molecule has 62 valence electrons. The molecule has 0 aromatic carbocycles. The maximum atomic E-state index is 11.2. The van der Waals surface area contributed by atoms with Crippen molar-refractivity contribution in [2.45, 2.75) is 26.3 Å². The summed E-state index contributed by atoms with van der Waals surface area (Å²) >= 11 is 0. The molecule has 1 aliphatic rings. The third-order valence-electron chi connectivity index (χ3n) is 1.69. The first-order valence-electron chi connectivity index (χ1n) is 3.67. The highest BCUT2D eigenvalue weighted by atomic mass is 16.2. The van der Waals surface area contributed by atoms with Crippen molar-refractivity contribution in [1.29, 1.82) is 0 Å². The monoisotopic (exact) mass is 154 g/mol. The quantitative estimate of drug-likeness (QED) is 0.560. The first kappa shape index (κ1) is 8.11. The molecule has 1 fully saturated rings. The van der Waals surface area contributed by atoms with Gasteiger partial charge in [0.05, 0.1) is 6.54 Å². The molecule has 0 aromatic heterocycles. The number of hydrogen-bond acceptors (Lipinski definition) is 1. The van der Waals surface area contributed by atoms with E-state index in [0.29, 0.717) is 6.54 Å². The largest absolute Gasteiger partial charge is 0.322 e. The number of urea groups is 1. The minimum absolute atomic E-state index is 0.0394. The molecular weight excluding hydrogens is 140 g/mol. The van der Waals surface area contributed by atoms with E-state index in [1.54, 1.807) is 4.90 Å². The highest BCUT2D eigenvalue weighted by Gasteiger charge is 2.31. The van der Waals surface area contributed by atoms with Crippen molar-refractivity contribution in [3.63, 3.8) is 0 Å². The van der Waals surface area contributed by atoms with Crippen molar-refractivity contribution in [1.82, 2.24) is 10.2 Å². The van der Waals surface area contributed by atoms with Gasteiger partial charge in [-0.25, -0.2) is 4.79 Å². The molecule has 1 heterocycles. The van der Waals surface area contributed by atoms with Gasteiger partial charge < -0.3 is 10.2 Å². The molecule has 1 saturated heterocycles. The van der Waals surface area contributed by atoms with Gasteiger partial charge in [0, 0.05) is 11.2 Å². The van der Waals surface area contributed by atoms with Crippen LogP contribution in [0.15, 0.2) is 12.3 Å². The predicted octanol–water partition coefficient (Wildman–Crippen LogP) is 1.32. The Bertz CT molecular complexity index is 203. The van der Waals surface area contributed by atoms with Crippen LogP contribution in [0.5, 0.6) is 0 Å². The highest BCUT2D eigenvalue weighted by molar-refractivity contribution is 5.80. The van der Waals surface area contributed by atoms with E-state index in [1.165, 1.54) is 0 Å². The molecule has 0 spiro atoms. The van der Waals surface area contributed by atoms with Crippen LogP contribution in [0, 0.1) is 0 Å². The van der Waals surface area contributed by atoms with E-state index in [2.05, 4.69) is 11.9 Å². The van der Waals surface area contributed by atoms with Gasteiger partial charge in [-0.3, -0.25) is 0 Å². The lowest BCUT2D eigenvalue weighted by Crippen LogP contribution is -2.43. The molecular formula is C8H14N2O. The zero-order valence-electron chi connectivity index (χ0n) is 7.27. The lowest BCUT2D eigenvalue weighted by molar-refractivity contribution is 0.172. The zero-order chi connectivity index (χ0) is 8.65. The van der Waals surface area contributed by atoms with E-state index >= 15 is 0 Å². The number of rotatable bonds is 0. The van der Waals surface area contributed by atoms with Crippen LogP contribution in [-0.4, -0.2) is 23.0 Å². The molecule has 0 saturated carbocycles. The van der Waals surface area contributed by atoms with Gasteiger partial charge in [-0.2, -0.15) is 0 Å². The summed E-state index contributed by atoms with van der Waals surface area (Å²) in [6.07, 6.45) is 0. The molecule has 3 nitrogen and oxygen atoms in total. The third-order valence-corrected chi connectivity index (χ3v) is 1.69. The van der Waals surface area contributed by atoms with Crippen molar-refractivity contribution in [2.75, 3.05) is 6.54 Å². The standard InChI is InChI=1S/C8H14N2O/c1-6-5-10(7(11)9-6)8(2,3)4/h1,5H2,2-4H3,(H,9,11). The van der Waals surface area contributed by atoms with Gasteiger partial charge in [0.15, 0.2) is 0 Å². The fraction of sp³-hybridized carbons (Fsp3) is 0.625. The zero-order valence-corrected chi connectivity index (χ0v) is 7.27. The van der Waals surface area contributed by atoms with Crippen LogP contribution in [0.3, 0.4) is 0 Å². The average Bonchev–Trinajstić information content (AvgIpc) is 2.08. The molecule has 1 rings (SSSR count).